The van der Waals surface area contributed by atoms with E-state index in [0.29, 0.717) is 23.3 Å². The molecule has 1 aromatic heterocycles. The molecule has 5 heteroatoms. The van der Waals surface area contributed by atoms with Gasteiger partial charge in [-0.25, -0.2) is 0 Å². The highest BCUT2D eigenvalue weighted by atomic mass is 16.2. The van der Waals surface area contributed by atoms with Crippen LogP contribution >= 0.6 is 0 Å². The van der Waals surface area contributed by atoms with Crippen molar-refractivity contribution in [1.29, 1.82) is 0 Å². The van der Waals surface area contributed by atoms with Gasteiger partial charge in [0.25, 0.3) is 5.91 Å². The minimum Gasteiger partial charge on any atom is -0.369 e. The molecule has 4 aliphatic carbocycles. The van der Waals surface area contributed by atoms with E-state index in [1.54, 1.807) is 6.20 Å². The van der Waals surface area contributed by atoms with Gasteiger partial charge in [-0.05, 0) is 62.0 Å². The number of nitrogens with zero attached hydrogens (tertiary/aromatic N) is 1. The largest absolute Gasteiger partial charge is 0.369 e. The van der Waals surface area contributed by atoms with Crippen molar-refractivity contribution < 1.29 is 9.59 Å². The summed E-state index contributed by atoms with van der Waals surface area (Å²) in [4.78, 5) is 29.5. The number of amides is 2. The fourth-order valence-corrected chi connectivity index (χ4v) is 6.08. The molecule has 2 unspecified atom stereocenters. The number of carbonyl (C=O) groups excluding carboxylic acids is 2. The molecule has 4 bridgehead atoms. The number of benzene rings is 1. The molecule has 4 aliphatic rings. The van der Waals surface area contributed by atoms with Crippen LogP contribution in [0.1, 0.15) is 42.5 Å². The van der Waals surface area contributed by atoms with Crippen molar-refractivity contribution in [1.82, 2.24) is 10.3 Å². The molecular formula is C21H23N3O2. The van der Waals surface area contributed by atoms with E-state index in [4.69, 9.17) is 5.73 Å². The number of pyridine rings is 1. The highest BCUT2D eigenvalue weighted by Gasteiger charge is 2.58. The number of nitrogens with one attached hydrogen (secondary N) is 1. The predicted octanol–water partition coefficient (Wildman–Crippen LogP) is 2.64. The topological polar surface area (TPSA) is 85.1 Å². The van der Waals surface area contributed by atoms with Gasteiger partial charge < -0.3 is 11.1 Å². The van der Waals surface area contributed by atoms with E-state index < -0.39 is 0 Å². The number of hydrogen-bond donors (Lipinski definition) is 2. The van der Waals surface area contributed by atoms with Crippen LogP contribution in [0.25, 0.3) is 10.9 Å². The Balaban J connectivity index is 1.42. The molecule has 0 aliphatic heterocycles. The molecule has 0 radical (unpaired) electrons. The van der Waals surface area contributed by atoms with Crippen molar-refractivity contribution in [3.63, 3.8) is 0 Å². The summed E-state index contributed by atoms with van der Waals surface area (Å²) in [5, 5.41) is 4.27. The van der Waals surface area contributed by atoms with E-state index in [9.17, 15) is 9.59 Å². The summed E-state index contributed by atoms with van der Waals surface area (Å²) in [6, 6.07) is 9.71. The van der Waals surface area contributed by atoms with Gasteiger partial charge in [-0.3, -0.25) is 14.6 Å². The van der Waals surface area contributed by atoms with Gasteiger partial charge in [-0.1, -0.05) is 18.2 Å². The number of fused-ring (bicyclic) bond motifs is 1. The van der Waals surface area contributed by atoms with Crippen molar-refractivity contribution in [2.24, 2.45) is 28.9 Å². The van der Waals surface area contributed by atoms with Crippen LogP contribution in [0.2, 0.25) is 0 Å². The SMILES string of the molecule is NC(=O)[C@]12CC3CC(C1)[C@@H](NC(=O)c1cccc4cccnc14)C(C3)C2. The number of aromatic nitrogens is 1. The lowest BCUT2D eigenvalue weighted by atomic mass is 9.47. The van der Waals surface area contributed by atoms with Gasteiger partial charge in [-0.2, -0.15) is 0 Å². The average Bonchev–Trinajstić information content (AvgIpc) is 2.63. The molecule has 3 N–H and O–H groups in total. The van der Waals surface area contributed by atoms with E-state index in [2.05, 4.69) is 10.3 Å². The lowest BCUT2D eigenvalue weighted by Gasteiger charge is -2.58. The van der Waals surface area contributed by atoms with E-state index in [1.807, 2.05) is 30.3 Å². The molecule has 4 saturated carbocycles. The Morgan fingerprint density at radius 1 is 1.08 bits per heavy atom. The molecule has 6 rings (SSSR count). The van der Waals surface area contributed by atoms with E-state index in [0.717, 1.165) is 43.0 Å². The molecule has 4 fully saturated rings. The van der Waals surface area contributed by atoms with Crippen LogP contribution in [0.3, 0.4) is 0 Å². The molecule has 2 amide bonds. The van der Waals surface area contributed by atoms with Crippen molar-refractivity contribution in [2.75, 3.05) is 0 Å². The van der Waals surface area contributed by atoms with Crippen LogP contribution in [0, 0.1) is 23.2 Å². The van der Waals surface area contributed by atoms with Crippen molar-refractivity contribution in [3.8, 4) is 0 Å². The quantitative estimate of drug-likeness (QED) is 0.893. The molecule has 2 atom stereocenters. The molecule has 0 spiro atoms. The summed E-state index contributed by atoms with van der Waals surface area (Å²) in [7, 11) is 0. The average molecular weight is 349 g/mol. The highest BCUT2D eigenvalue weighted by molar-refractivity contribution is 6.05. The molecular weight excluding hydrogens is 326 g/mol. The van der Waals surface area contributed by atoms with Gasteiger partial charge >= 0.3 is 0 Å². The first-order valence-electron chi connectivity index (χ1n) is 9.50. The van der Waals surface area contributed by atoms with Gasteiger partial charge in [0.2, 0.25) is 5.91 Å². The normalized spacial score (nSPS) is 34.8. The second-order valence-corrected chi connectivity index (χ2v) is 8.49. The Labute approximate surface area is 152 Å². The first-order chi connectivity index (χ1) is 12.6. The molecule has 0 saturated heterocycles. The maximum absolute atomic E-state index is 13.0. The Kier molecular flexibility index (Phi) is 3.36. The highest BCUT2D eigenvalue weighted by Crippen LogP contribution is 2.59. The summed E-state index contributed by atoms with van der Waals surface area (Å²) in [5.41, 5.74) is 6.80. The summed E-state index contributed by atoms with van der Waals surface area (Å²) in [6.45, 7) is 0. The molecule has 134 valence electrons. The maximum Gasteiger partial charge on any atom is 0.253 e. The number of rotatable bonds is 3. The van der Waals surface area contributed by atoms with E-state index in [1.165, 1.54) is 0 Å². The zero-order chi connectivity index (χ0) is 17.9. The lowest BCUT2D eigenvalue weighted by Crippen LogP contribution is -2.62. The minimum atomic E-state index is -0.321. The van der Waals surface area contributed by atoms with Crippen LogP contribution in [0.5, 0.6) is 0 Å². The van der Waals surface area contributed by atoms with Crippen LogP contribution in [0.4, 0.5) is 0 Å². The molecule has 2 aromatic rings. The zero-order valence-corrected chi connectivity index (χ0v) is 14.7. The Bertz CT molecular complexity index is 888. The van der Waals surface area contributed by atoms with Crippen LogP contribution < -0.4 is 11.1 Å². The number of para-hydroxylation sites is 1. The summed E-state index contributed by atoms with van der Waals surface area (Å²) < 4.78 is 0. The predicted molar refractivity (Wildman–Crippen MR) is 98.2 cm³/mol. The number of carbonyl (C=O) groups is 2. The van der Waals surface area contributed by atoms with Gasteiger partial charge in [0, 0.05) is 23.0 Å². The second kappa shape index (κ2) is 5.53. The number of nitrogens with two attached hydrogens (primary N) is 1. The molecule has 26 heavy (non-hydrogen) atoms. The fraction of sp³-hybridized carbons (Fsp3) is 0.476. The third-order valence-electron chi connectivity index (χ3n) is 6.97. The van der Waals surface area contributed by atoms with Gasteiger partial charge in [-0.15, -0.1) is 0 Å². The number of primary amides is 1. The summed E-state index contributed by atoms with van der Waals surface area (Å²) in [6.07, 6.45) is 6.53. The first-order valence-corrected chi connectivity index (χ1v) is 9.50. The molecule has 1 aromatic carbocycles. The van der Waals surface area contributed by atoms with Gasteiger partial charge in [0.15, 0.2) is 0 Å². The number of hydrogen-bond acceptors (Lipinski definition) is 3. The van der Waals surface area contributed by atoms with Crippen LogP contribution in [0.15, 0.2) is 36.5 Å². The standard InChI is InChI=1S/C21H23N3O2/c22-20(26)21-9-12-7-14(10-21)17(15(8-12)11-21)24-19(25)16-5-1-3-13-4-2-6-23-18(13)16/h1-6,12,14-15,17H,7-11H2,(H2,22,26)(H,24,25)/t12?,14?,15?,17-,21-. The van der Waals surface area contributed by atoms with Crippen LogP contribution in [-0.4, -0.2) is 22.8 Å². The van der Waals surface area contributed by atoms with Gasteiger partial charge in [0.05, 0.1) is 11.1 Å². The van der Waals surface area contributed by atoms with Crippen molar-refractivity contribution in [2.45, 2.75) is 38.1 Å². The molecule has 1 heterocycles. The minimum absolute atomic E-state index is 0.0556. The van der Waals surface area contributed by atoms with Gasteiger partial charge in [0.1, 0.15) is 0 Å². The summed E-state index contributed by atoms with van der Waals surface area (Å²) in [5.74, 6) is 1.12. The Morgan fingerprint density at radius 2 is 1.81 bits per heavy atom. The maximum atomic E-state index is 13.0. The first kappa shape index (κ1) is 15.8. The van der Waals surface area contributed by atoms with E-state index in [-0.39, 0.29) is 23.3 Å². The Morgan fingerprint density at radius 3 is 2.54 bits per heavy atom. The van der Waals surface area contributed by atoms with Crippen molar-refractivity contribution in [3.05, 3.63) is 42.1 Å². The smallest absolute Gasteiger partial charge is 0.253 e. The van der Waals surface area contributed by atoms with Crippen LogP contribution in [-0.2, 0) is 4.79 Å². The second-order valence-electron chi connectivity index (χ2n) is 8.49. The van der Waals surface area contributed by atoms with E-state index >= 15 is 0 Å². The third kappa shape index (κ3) is 2.26. The molecule has 5 nitrogen and oxygen atoms in total. The fourth-order valence-electron chi connectivity index (χ4n) is 6.08. The zero-order valence-electron chi connectivity index (χ0n) is 14.7. The van der Waals surface area contributed by atoms with Crippen molar-refractivity contribution >= 4 is 22.7 Å². The summed E-state index contributed by atoms with van der Waals surface area (Å²) >= 11 is 0. The lowest BCUT2D eigenvalue weighted by molar-refractivity contribution is -0.145. The third-order valence-corrected chi connectivity index (χ3v) is 6.97. The Hall–Kier alpha value is -2.43. The monoisotopic (exact) mass is 349 g/mol.